The lowest BCUT2D eigenvalue weighted by atomic mass is 10.1. The molecule has 0 aromatic carbocycles. The van der Waals surface area contributed by atoms with Crippen molar-refractivity contribution in [2.24, 2.45) is 0 Å². The molecule has 0 radical (unpaired) electrons. The van der Waals surface area contributed by atoms with Gasteiger partial charge in [-0.1, -0.05) is 6.08 Å². The topological polar surface area (TPSA) is 105 Å². The molecule has 0 amide bonds. The fourth-order valence-corrected chi connectivity index (χ4v) is 3.73. The second-order valence-corrected chi connectivity index (χ2v) is 6.38. The van der Waals surface area contributed by atoms with Crippen molar-refractivity contribution < 1.29 is 27.8 Å². The minimum atomic E-state index is -3.41. The maximum Gasteiger partial charge on any atom is 0.294 e. The first-order valence-electron chi connectivity index (χ1n) is 5.32. The summed E-state index contributed by atoms with van der Waals surface area (Å²) in [6.07, 6.45) is -0.989. The Bertz CT molecular complexity index is 448. The molecular weight excluding hydrogens is 266 g/mol. The molecule has 0 N–H and O–H groups in total. The summed E-state index contributed by atoms with van der Waals surface area (Å²) < 4.78 is 34.3. The molecule has 4 atom stereocenters. The van der Waals surface area contributed by atoms with Gasteiger partial charge in [-0.15, -0.1) is 16.7 Å². The molecule has 2 rings (SSSR count). The van der Waals surface area contributed by atoms with Crippen LogP contribution in [0.1, 0.15) is 0 Å². The van der Waals surface area contributed by atoms with E-state index < -0.39 is 38.5 Å². The van der Waals surface area contributed by atoms with Crippen LogP contribution >= 0.6 is 0 Å². The van der Waals surface area contributed by atoms with Crippen molar-refractivity contribution in [1.82, 2.24) is 0 Å². The Hall–Kier alpha value is -1.19. The van der Waals surface area contributed by atoms with Crippen LogP contribution in [0, 0.1) is 10.1 Å². The third-order valence-corrected chi connectivity index (χ3v) is 5.02. The van der Waals surface area contributed by atoms with E-state index in [4.69, 9.17) is 9.47 Å². The van der Waals surface area contributed by atoms with E-state index in [1.807, 2.05) is 0 Å². The van der Waals surface area contributed by atoms with Crippen molar-refractivity contribution in [3.63, 3.8) is 0 Å². The van der Waals surface area contributed by atoms with Crippen LogP contribution in [-0.4, -0.2) is 56.0 Å². The molecule has 2 saturated heterocycles. The quantitative estimate of drug-likeness (QED) is 0.373. The van der Waals surface area contributed by atoms with Crippen LogP contribution in [0.3, 0.4) is 0 Å². The first-order valence-corrected chi connectivity index (χ1v) is 7.04. The average molecular weight is 279 g/mol. The van der Waals surface area contributed by atoms with Crippen LogP contribution in [0.25, 0.3) is 0 Å². The summed E-state index contributed by atoms with van der Waals surface area (Å²) in [5.41, 5.74) is 0. The van der Waals surface area contributed by atoms with Gasteiger partial charge in [-0.3, -0.25) is 0 Å². The van der Waals surface area contributed by atoms with Gasteiger partial charge in [-0.25, -0.2) is 8.42 Å². The first kappa shape index (κ1) is 13.2. The molecule has 2 heterocycles. The number of hydrogen-bond donors (Lipinski definition) is 0. The van der Waals surface area contributed by atoms with Crippen LogP contribution in [-0.2, 0) is 24.1 Å². The molecule has 0 aromatic heterocycles. The summed E-state index contributed by atoms with van der Waals surface area (Å²) in [5.74, 6) is -0.172. The molecule has 2 fully saturated rings. The highest BCUT2D eigenvalue weighted by molar-refractivity contribution is 7.92. The lowest BCUT2D eigenvalue weighted by Gasteiger charge is -2.15. The lowest BCUT2D eigenvalue weighted by molar-refractivity contribution is -0.769. The smallest absolute Gasteiger partial charge is 0.294 e. The largest absolute Gasteiger partial charge is 0.372 e. The molecule has 0 aromatic rings. The van der Waals surface area contributed by atoms with Crippen molar-refractivity contribution in [3.05, 3.63) is 22.8 Å². The maximum absolute atomic E-state index is 11.9. The minimum absolute atomic E-state index is 0.0386. The van der Waals surface area contributed by atoms with E-state index >= 15 is 0 Å². The van der Waals surface area contributed by atoms with Gasteiger partial charge < -0.3 is 14.3 Å². The zero-order valence-corrected chi connectivity index (χ0v) is 10.2. The van der Waals surface area contributed by atoms with E-state index in [9.17, 15) is 18.5 Å². The third-order valence-electron chi connectivity index (χ3n) is 3.00. The van der Waals surface area contributed by atoms with E-state index in [2.05, 4.69) is 11.4 Å². The Morgan fingerprint density at radius 2 is 2.06 bits per heavy atom. The van der Waals surface area contributed by atoms with Crippen LogP contribution in [0.5, 0.6) is 0 Å². The highest BCUT2D eigenvalue weighted by Gasteiger charge is 2.53. The van der Waals surface area contributed by atoms with Crippen LogP contribution in [0.2, 0.25) is 0 Å². The molecule has 0 aliphatic carbocycles. The summed E-state index contributed by atoms with van der Waals surface area (Å²) in [4.78, 5) is 14.7. The Balaban J connectivity index is 2.09. The summed E-state index contributed by atoms with van der Waals surface area (Å²) in [6.45, 7) is 3.30. The molecule has 18 heavy (non-hydrogen) atoms. The van der Waals surface area contributed by atoms with Crippen LogP contribution in [0.15, 0.2) is 12.7 Å². The van der Waals surface area contributed by atoms with Gasteiger partial charge in [-0.05, 0) is 0 Å². The SMILES string of the molecule is C=CCS(=O)(=O)[C@@H]1CO[C@H]2[C@@H]1OC[C@H]2O[N+](=O)[O-]. The average Bonchev–Trinajstić information content (AvgIpc) is 2.80. The van der Waals surface area contributed by atoms with E-state index in [0.29, 0.717) is 0 Å². The fraction of sp³-hybridized carbons (Fsp3) is 0.778. The zero-order chi connectivity index (χ0) is 13.3. The summed E-state index contributed by atoms with van der Waals surface area (Å²) in [7, 11) is -3.41. The molecule has 102 valence electrons. The number of nitrogens with zero attached hydrogens (tertiary/aromatic N) is 1. The molecule has 0 spiro atoms. The van der Waals surface area contributed by atoms with Crippen molar-refractivity contribution in [2.75, 3.05) is 19.0 Å². The predicted octanol–water partition coefficient (Wildman–Crippen LogP) is -0.670. The third kappa shape index (κ3) is 2.33. The number of ether oxygens (including phenoxy) is 2. The summed E-state index contributed by atoms with van der Waals surface area (Å²) in [5, 5.41) is 8.52. The Kier molecular flexibility index (Phi) is 3.55. The Morgan fingerprint density at radius 3 is 2.67 bits per heavy atom. The molecule has 2 aliphatic rings. The number of rotatable bonds is 5. The van der Waals surface area contributed by atoms with Gasteiger partial charge in [-0.2, -0.15) is 0 Å². The minimum Gasteiger partial charge on any atom is -0.372 e. The number of fused-ring (bicyclic) bond motifs is 1. The standard InChI is InChI=1S/C9H13NO7S/c1-2-3-18(13,14)7-5-16-8-6(17-10(11)12)4-15-9(7)8/h2,6-9H,1,3-5H2/t6-,7-,8-,9-/m1/s1. The molecule has 0 unspecified atom stereocenters. The highest BCUT2D eigenvalue weighted by Crippen LogP contribution is 2.32. The first-order chi connectivity index (χ1) is 8.45. The van der Waals surface area contributed by atoms with Gasteiger partial charge in [0.15, 0.2) is 15.9 Å². The van der Waals surface area contributed by atoms with E-state index in [-0.39, 0.29) is 19.0 Å². The van der Waals surface area contributed by atoms with Gasteiger partial charge in [0.25, 0.3) is 5.09 Å². The van der Waals surface area contributed by atoms with Crippen LogP contribution < -0.4 is 0 Å². The van der Waals surface area contributed by atoms with Crippen molar-refractivity contribution >= 4 is 9.84 Å². The fourth-order valence-electron chi connectivity index (χ4n) is 2.23. The van der Waals surface area contributed by atoms with Crippen molar-refractivity contribution in [2.45, 2.75) is 23.6 Å². The predicted molar refractivity (Wildman–Crippen MR) is 59.1 cm³/mol. The Morgan fingerprint density at radius 1 is 1.39 bits per heavy atom. The van der Waals surface area contributed by atoms with E-state index in [1.54, 1.807) is 0 Å². The summed E-state index contributed by atoms with van der Waals surface area (Å²) >= 11 is 0. The maximum atomic E-state index is 11.9. The van der Waals surface area contributed by atoms with Crippen molar-refractivity contribution in [1.29, 1.82) is 0 Å². The normalized spacial score (nSPS) is 35.1. The zero-order valence-electron chi connectivity index (χ0n) is 9.43. The monoisotopic (exact) mass is 279 g/mol. The number of hydrogen-bond acceptors (Lipinski definition) is 7. The summed E-state index contributed by atoms with van der Waals surface area (Å²) in [6, 6.07) is 0. The van der Waals surface area contributed by atoms with Gasteiger partial charge in [0.2, 0.25) is 0 Å². The van der Waals surface area contributed by atoms with Gasteiger partial charge in [0.1, 0.15) is 17.5 Å². The molecule has 8 nitrogen and oxygen atoms in total. The molecule has 0 bridgehead atoms. The molecule has 2 aliphatic heterocycles. The Labute approximate surface area is 104 Å². The number of sulfone groups is 1. The second kappa shape index (κ2) is 4.82. The molecule has 9 heteroatoms. The van der Waals surface area contributed by atoms with Crippen molar-refractivity contribution in [3.8, 4) is 0 Å². The second-order valence-electron chi connectivity index (χ2n) is 4.12. The van der Waals surface area contributed by atoms with Crippen LogP contribution in [0.4, 0.5) is 0 Å². The van der Waals surface area contributed by atoms with E-state index in [0.717, 1.165) is 0 Å². The van der Waals surface area contributed by atoms with Gasteiger partial charge in [0.05, 0.1) is 19.0 Å². The lowest BCUT2D eigenvalue weighted by Crippen LogP contribution is -2.38. The van der Waals surface area contributed by atoms with Gasteiger partial charge in [0, 0.05) is 0 Å². The molecular formula is C9H13NO7S. The van der Waals surface area contributed by atoms with Gasteiger partial charge >= 0.3 is 0 Å². The highest BCUT2D eigenvalue weighted by atomic mass is 32.2. The van der Waals surface area contributed by atoms with E-state index in [1.165, 1.54) is 6.08 Å². The molecule has 0 saturated carbocycles.